The van der Waals surface area contributed by atoms with E-state index in [9.17, 15) is 12.9 Å². The normalized spacial score (nSPS) is 11.5. The smallest absolute Gasteiger partial charge is 0.445 e. The van der Waals surface area contributed by atoms with Gasteiger partial charge in [0, 0.05) is 6.92 Å². The van der Waals surface area contributed by atoms with Crippen LogP contribution in [-0.4, -0.2) is 12.0 Å². The topological polar surface area (TPSA) is 26.0 Å². The average Bonchev–Trinajstić information content (AvgIpc) is 2.41. The van der Waals surface area contributed by atoms with Crippen LogP contribution in [0.1, 0.15) is 5.89 Å². The maximum atomic E-state index is 12.5. The van der Waals surface area contributed by atoms with Crippen LogP contribution >= 0.6 is 0 Å². The minimum atomic E-state index is -5.03. The molecule has 7 heteroatoms. The molecule has 2 nitrogen and oxygen atoms in total. The van der Waals surface area contributed by atoms with E-state index in [0.717, 1.165) is 6.07 Å². The molecule has 0 amide bonds. The van der Waals surface area contributed by atoms with E-state index >= 15 is 0 Å². The van der Waals surface area contributed by atoms with Gasteiger partial charge in [0.2, 0.25) is 0 Å². The fourth-order valence-electron chi connectivity index (χ4n) is 1.34. The van der Waals surface area contributed by atoms with E-state index in [0.29, 0.717) is 0 Å². The Morgan fingerprint density at radius 1 is 1.27 bits per heavy atom. The van der Waals surface area contributed by atoms with Gasteiger partial charge in [-0.3, -0.25) is 0 Å². The van der Waals surface area contributed by atoms with Gasteiger partial charge in [0.1, 0.15) is 0 Å². The van der Waals surface area contributed by atoms with Gasteiger partial charge in [0.15, 0.2) is 11.5 Å². The number of aromatic nitrogens is 1. The summed E-state index contributed by atoms with van der Waals surface area (Å²) in [4.78, 5) is 3.71. The van der Waals surface area contributed by atoms with Crippen molar-refractivity contribution in [2.75, 3.05) is 0 Å². The van der Waals surface area contributed by atoms with Crippen molar-refractivity contribution in [2.24, 2.45) is 0 Å². The van der Waals surface area contributed by atoms with Gasteiger partial charge < -0.3 is 17.4 Å². The molecule has 1 heterocycles. The molecule has 1 aromatic heterocycles. The molecule has 2 aromatic rings. The van der Waals surface area contributed by atoms with Gasteiger partial charge in [0.25, 0.3) is 0 Å². The Bertz CT molecular complexity index is 482. The predicted molar refractivity (Wildman–Crippen MR) is 47.5 cm³/mol. The molecule has 0 saturated heterocycles. The number of rotatable bonds is 1. The number of fused-ring (bicyclic) bond motifs is 1. The van der Waals surface area contributed by atoms with Crippen molar-refractivity contribution >= 4 is 23.5 Å². The number of hydrogen-bond donors (Lipinski definition) is 0. The fourth-order valence-corrected chi connectivity index (χ4v) is 1.34. The van der Waals surface area contributed by atoms with E-state index in [1.54, 1.807) is 0 Å². The first-order valence-corrected chi connectivity index (χ1v) is 4.04. The van der Waals surface area contributed by atoms with Crippen LogP contribution in [0.5, 0.6) is 0 Å². The Balaban J connectivity index is 0.00000112. The second-order valence-corrected chi connectivity index (χ2v) is 3.00. The second kappa shape index (κ2) is 4.59. The molecule has 15 heavy (non-hydrogen) atoms. The van der Waals surface area contributed by atoms with E-state index in [-0.39, 0.29) is 68.4 Å². The number of nitrogens with zero attached hydrogens (tertiary/aromatic N) is 1. The van der Waals surface area contributed by atoms with Crippen molar-refractivity contribution in [1.29, 1.82) is 0 Å². The number of aryl methyl sites for hydroxylation is 1. The molecule has 0 aliphatic rings. The third-order valence-electron chi connectivity index (χ3n) is 1.91. The number of para-hydroxylation sites is 1. The van der Waals surface area contributed by atoms with Crippen LogP contribution in [0.25, 0.3) is 11.1 Å². The maximum absolute atomic E-state index is 12.5. The van der Waals surface area contributed by atoms with Crippen molar-refractivity contribution in [2.45, 2.75) is 6.92 Å². The maximum Gasteiger partial charge on any atom is 1.00 e. The summed E-state index contributed by atoms with van der Waals surface area (Å²) in [6, 6.07) is 3.81. The van der Waals surface area contributed by atoms with E-state index < -0.39 is 12.4 Å². The Labute approximate surface area is 127 Å². The Hall–Kier alpha value is 0.181. The molecule has 0 unspecified atom stereocenters. The van der Waals surface area contributed by atoms with Gasteiger partial charge in [-0.2, -0.15) is 0 Å². The van der Waals surface area contributed by atoms with Crippen molar-refractivity contribution in [1.82, 2.24) is 4.98 Å². The molecule has 0 radical (unpaired) electrons. The summed E-state index contributed by atoms with van der Waals surface area (Å²) in [5, 5.41) is 0. The van der Waals surface area contributed by atoms with Crippen LogP contribution in [0.2, 0.25) is 0 Å². The third-order valence-corrected chi connectivity index (χ3v) is 1.91. The van der Waals surface area contributed by atoms with Gasteiger partial charge in [-0.1, -0.05) is 17.6 Å². The van der Waals surface area contributed by atoms with Crippen LogP contribution in [0.15, 0.2) is 22.6 Å². The molecule has 0 aliphatic carbocycles. The SMILES string of the molecule is Cc1nc2c([B-](F)(F)F)cccc2o1.[K+]. The van der Waals surface area contributed by atoms with E-state index in [1.807, 2.05) is 0 Å². The summed E-state index contributed by atoms with van der Waals surface area (Å²) in [6.07, 6.45) is 0. The summed E-state index contributed by atoms with van der Waals surface area (Å²) in [7, 11) is 0. The summed E-state index contributed by atoms with van der Waals surface area (Å²) >= 11 is 0. The molecule has 2 rings (SSSR count). The van der Waals surface area contributed by atoms with Crippen molar-refractivity contribution in [3.63, 3.8) is 0 Å². The first kappa shape index (κ1) is 13.2. The molecule has 0 N–H and O–H groups in total. The number of halogens is 3. The van der Waals surface area contributed by atoms with Crippen LogP contribution < -0.4 is 56.8 Å². The Morgan fingerprint density at radius 2 is 1.93 bits per heavy atom. The predicted octanol–water partition coefficient (Wildman–Crippen LogP) is -0.805. The zero-order chi connectivity index (χ0) is 10.3. The van der Waals surface area contributed by atoms with Crippen LogP contribution in [-0.2, 0) is 0 Å². The molecule has 0 fully saturated rings. The zero-order valence-corrected chi connectivity index (χ0v) is 11.4. The Kier molecular flexibility index (Phi) is 4.05. The number of hydrogen-bond acceptors (Lipinski definition) is 2. The van der Waals surface area contributed by atoms with Gasteiger partial charge in [-0.15, -0.1) is 0 Å². The van der Waals surface area contributed by atoms with Crippen LogP contribution in [0.4, 0.5) is 12.9 Å². The summed E-state index contributed by atoms with van der Waals surface area (Å²) < 4.78 is 42.5. The zero-order valence-electron chi connectivity index (χ0n) is 8.30. The molecule has 0 atom stereocenters. The fraction of sp³-hybridized carbons (Fsp3) is 0.125. The summed E-state index contributed by atoms with van der Waals surface area (Å²) in [6.45, 7) is -3.50. The minimum Gasteiger partial charge on any atom is -0.445 e. The molecular formula is C8H6BF3KNO. The second-order valence-electron chi connectivity index (χ2n) is 3.00. The monoisotopic (exact) mass is 239 g/mol. The van der Waals surface area contributed by atoms with E-state index in [2.05, 4.69) is 4.98 Å². The standard InChI is InChI=1S/C8H6BF3NO.K/c1-5-13-8-6(9(10,11)12)3-2-4-7(8)14-5;/h2-4H,1H3;/q-1;+1. The molecule has 1 aromatic carbocycles. The van der Waals surface area contributed by atoms with E-state index in [1.165, 1.54) is 19.1 Å². The number of benzene rings is 1. The van der Waals surface area contributed by atoms with Crippen LogP contribution in [0, 0.1) is 6.92 Å². The minimum absolute atomic E-state index is 0. The van der Waals surface area contributed by atoms with Gasteiger partial charge in [0.05, 0.1) is 5.52 Å². The van der Waals surface area contributed by atoms with Crippen molar-refractivity contribution in [3.8, 4) is 0 Å². The molecule has 0 bridgehead atoms. The molecule has 0 spiro atoms. The molecular weight excluding hydrogens is 233 g/mol. The summed E-state index contributed by atoms with van der Waals surface area (Å²) in [5.74, 6) is 0.243. The van der Waals surface area contributed by atoms with Gasteiger partial charge in [-0.25, -0.2) is 4.98 Å². The number of oxazole rings is 1. The summed E-state index contributed by atoms with van der Waals surface area (Å²) in [5.41, 5.74) is -0.615. The largest absolute Gasteiger partial charge is 1.00 e. The van der Waals surface area contributed by atoms with Crippen molar-refractivity contribution < 1.29 is 68.7 Å². The first-order valence-electron chi connectivity index (χ1n) is 4.04. The van der Waals surface area contributed by atoms with E-state index in [4.69, 9.17) is 4.42 Å². The molecule has 0 saturated carbocycles. The first-order chi connectivity index (χ1) is 6.48. The quantitative estimate of drug-likeness (QED) is 0.608. The molecule has 74 valence electrons. The average molecular weight is 239 g/mol. The van der Waals surface area contributed by atoms with Crippen molar-refractivity contribution in [3.05, 3.63) is 24.1 Å². The molecule has 0 aliphatic heterocycles. The van der Waals surface area contributed by atoms with Gasteiger partial charge in [-0.05, 0) is 6.07 Å². The third kappa shape index (κ3) is 2.65. The Morgan fingerprint density at radius 3 is 2.53 bits per heavy atom. The van der Waals surface area contributed by atoms with Crippen LogP contribution in [0.3, 0.4) is 0 Å². The van der Waals surface area contributed by atoms with Gasteiger partial charge >= 0.3 is 58.4 Å².